The Morgan fingerprint density at radius 1 is 1.23 bits per heavy atom. The van der Waals surface area contributed by atoms with Crippen molar-refractivity contribution >= 4 is 11.7 Å². The number of carbonyl (C=O) groups excluding carboxylic acids is 1. The maximum absolute atomic E-state index is 13.0. The van der Waals surface area contributed by atoms with Gasteiger partial charge in [-0.1, -0.05) is 12.8 Å². The van der Waals surface area contributed by atoms with E-state index in [1.54, 1.807) is 19.1 Å². The van der Waals surface area contributed by atoms with Gasteiger partial charge in [-0.3, -0.25) is 4.79 Å². The number of rotatable bonds is 5. The highest BCUT2D eigenvalue weighted by atomic mass is 19.4. The number of carbonyl (C=O) groups is 1. The number of nitrogens with zero attached hydrogens (tertiary/aromatic N) is 3. The summed E-state index contributed by atoms with van der Waals surface area (Å²) in [4.78, 5) is 20.2. The van der Waals surface area contributed by atoms with Gasteiger partial charge in [-0.05, 0) is 50.7 Å². The SMILES string of the molecule is CC(C1CC1)N(CC(F)(F)F)C(=O)c1ccc(N2CCCCCC2)nc1. The summed E-state index contributed by atoms with van der Waals surface area (Å²) >= 11 is 0. The lowest BCUT2D eigenvalue weighted by atomic mass is 10.1. The van der Waals surface area contributed by atoms with Gasteiger partial charge in [0.25, 0.3) is 5.91 Å². The Kier molecular flexibility index (Phi) is 5.73. The van der Waals surface area contributed by atoms with Gasteiger partial charge in [-0.2, -0.15) is 13.2 Å². The number of aromatic nitrogens is 1. The first-order valence-electron chi connectivity index (χ1n) is 9.44. The van der Waals surface area contributed by atoms with Gasteiger partial charge >= 0.3 is 6.18 Å². The number of hydrogen-bond acceptors (Lipinski definition) is 3. The van der Waals surface area contributed by atoms with Crippen LogP contribution in [0.4, 0.5) is 19.0 Å². The van der Waals surface area contributed by atoms with Crippen molar-refractivity contribution in [3.8, 4) is 0 Å². The molecule has 7 heteroatoms. The van der Waals surface area contributed by atoms with Crippen LogP contribution in [0.5, 0.6) is 0 Å². The first-order chi connectivity index (χ1) is 12.3. The molecule has 4 nitrogen and oxygen atoms in total. The molecule has 3 rings (SSSR count). The van der Waals surface area contributed by atoms with Crippen molar-refractivity contribution in [2.75, 3.05) is 24.5 Å². The number of pyridine rings is 1. The molecular weight excluding hydrogens is 343 g/mol. The highest BCUT2D eigenvalue weighted by Gasteiger charge is 2.40. The fourth-order valence-electron chi connectivity index (χ4n) is 3.59. The van der Waals surface area contributed by atoms with E-state index in [0.717, 1.165) is 49.5 Å². The van der Waals surface area contributed by atoms with Gasteiger partial charge in [0.1, 0.15) is 12.4 Å². The molecular formula is C19H26F3N3O. The second-order valence-electron chi connectivity index (χ2n) is 7.43. The Bertz CT molecular complexity index is 605. The van der Waals surface area contributed by atoms with E-state index in [9.17, 15) is 18.0 Å². The number of alkyl halides is 3. The van der Waals surface area contributed by atoms with E-state index in [-0.39, 0.29) is 11.5 Å². The molecule has 1 aromatic rings. The molecule has 1 saturated carbocycles. The molecule has 1 aliphatic heterocycles. The van der Waals surface area contributed by atoms with Crippen LogP contribution in [0, 0.1) is 5.92 Å². The van der Waals surface area contributed by atoms with Crippen LogP contribution < -0.4 is 4.90 Å². The minimum atomic E-state index is -4.40. The molecule has 26 heavy (non-hydrogen) atoms. The Morgan fingerprint density at radius 3 is 2.38 bits per heavy atom. The molecule has 0 aromatic carbocycles. The molecule has 1 aromatic heterocycles. The molecule has 144 valence electrons. The molecule has 2 heterocycles. The van der Waals surface area contributed by atoms with Crippen molar-refractivity contribution < 1.29 is 18.0 Å². The minimum absolute atomic E-state index is 0.172. The van der Waals surface area contributed by atoms with Gasteiger partial charge in [0.2, 0.25) is 0 Å². The highest BCUT2D eigenvalue weighted by molar-refractivity contribution is 5.94. The fraction of sp³-hybridized carbons (Fsp3) is 0.684. The fourth-order valence-corrected chi connectivity index (χ4v) is 3.59. The first kappa shape index (κ1) is 19.0. The zero-order valence-corrected chi connectivity index (χ0v) is 15.1. The zero-order valence-electron chi connectivity index (χ0n) is 15.1. The molecule has 2 fully saturated rings. The molecule has 0 bridgehead atoms. The standard InChI is InChI=1S/C19H26F3N3O/c1-14(15-6-7-15)25(13-19(20,21)22)18(26)16-8-9-17(23-12-16)24-10-4-2-3-5-11-24/h8-9,12,14-15H,2-7,10-11,13H2,1H3. The summed E-state index contributed by atoms with van der Waals surface area (Å²) in [6, 6.07) is 2.96. The van der Waals surface area contributed by atoms with Crippen LogP contribution in [0.2, 0.25) is 0 Å². The van der Waals surface area contributed by atoms with Gasteiger partial charge < -0.3 is 9.80 Å². The first-order valence-corrected chi connectivity index (χ1v) is 9.44. The summed E-state index contributed by atoms with van der Waals surface area (Å²) in [5, 5.41) is 0. The lowest BCUT2D eigenvalue weighted by molar-refractivity contribution is -0.144. The number of anilines is 1. The van der Waals surface area contributed by atoms with E-state index in [0.29, 0.717) is 0 Å². The average molecular weight is 369 g/mol. The monoisotopic (exact) mass is 369 g/mol. The van der Waals surface area contributed by atoms with Crippen LogP contribution in [0.3, 0.4) is 0 Å². The molecule has 1 aliphatic carbocycles. The van der Waals surface area contributed by atoms with Gasteiger partial charge in [-0.15, -0.1) is 0 Å². The van der Waals surface area contributed by atoms with Crippen LogP contribution in [0.15, 0.2) is 18.3 Å². The normalized spacial score (nSPS) is 19.8. The van der Waals surface area contributed by atoms with Crippen LogP contribution >= 0.6 is 0 Å². The Labute approximate surface area is 152 Å². The molecule has 0 N–H and O–H groups in total. The van der Waals surface area contributed by atoms with E-state index >= 15 is 0 Å². The smallest absolute Gasteiger partial charge is 0.357 e. The van der Waals surface area contributed by atoms with Crippen LogP contribution in [-0.4, -0.2) is 47.6 Å². The molecule has 0 radical (unpaired) electrons. The predicted molar refractivity (Wildman–Crippen MR) is 94.2 cm³/mol. The van der Waals surface area contributed by atoms with E-state index in [1.165, 1.54) is 19.0 Å². The van der Waals surface area contributed by atoms with Crippen molar-refractivity contribution in [2.45, 2.75) is 57.7 Å². The summed E-state index contributed by atoms with van der Waals surface area (Å²) in [6.07, 6.45) is 3.42. The van der Waals surface area contributed by atoms with Crippen LogP contribution in [-0.2, 0) is 0 Å². The van der Waals surface area contributed by atoms with E-state index in [2.05, 4.69) is 9.88 Å². The maximum atomic E-state index is 13.0. The Morgan fingerprint density at radius 2 is 1.88 bits per heavy atom. The molecule has 1 atom stereocenters. The maximum Gasteiger partial charge on any atom is 0.406 e. The topological polar surface area (TPSA) is 36.4 Å². The van der Waals surface area contributed by atoms with Gasteiger partial charge in [0.15, 0.2) is 0 Å². The Hall–Kier alpha value is -1.79. The Balaban J connectivity index is 1.73. The van der Waals surface area contributed by atoms with E-state index in [4.69, 9.17) is 0 Å². The third-order valence-corrected chi connectivity index (χ3v) is 5.33. The zero-order chi connectivity index (χ0) is 18.7. The lowest BCUT2D eigenvalue weighted by Crippen LogP contribution is -2.45. The number of halogens is 3. The number of amides is 1. The summed E-state index contributed by atoms with van der Waals surface area (Å²) < 4.78 is 38.9. The van der Waals surface area contributed by atoms with Gasteiger partial charge in [-0.25, -0.2) is 4.98 Å². The van der Waals surface area contributed by atoms with E-state index < -0.39 is 24.7 Å². The van der Waals surface area contributed by atoms with Crippen molar-refractivity contribution in [1.29, 1.82) is 0 Å². The molecule has 1 saturated heterocycles. The summed E-state index contributed by atoms with van der Waals surface area (Å²) in [6.45, 7) is 2.36. The molecule has 1 amide bonds. The van der Waals surface area contributed by atoms with Gasteiger partial charge in [0.05, 0.1) is 5.56 Å². The quantitative estimate of drug-likeness (QED) is 0.778. The lowest BCUT2D eigenvalue weighted by Gasteiger charge is -2.30. The minimum Gasteiger partial charge on any atom is -0.357 e. The summed E-state index contributed by atoms with van der Waals surface area (Å²) in [7, 11) is 0. The van der Waals surface area contributed by atoms with Crippen molar-refractivity contribution in [1.82, 2.24) is 9.88 Å². The van der Waals surface area contributed by atoms with Crippen molar-refractivity contribution in [3.05, 3.63) is 23.9 Å². The van der Waals surface area contributed by atoms with E-state index in [1.807, 2.05) is 0 Å². The summed E-state index contributed by atoms with van der Waals surface area (Å²) in [5.74, 6) is 0.378. The third-order valence-electron chi connectivity index (χ3n) is 5.33. The van der Waals surface area contributed by atoms with Crippen LogP contribution in [0.1, 0.15) is 55.8 Å². The van der Waals surface area contributed by atoms with Gasteiger partial charge in [0, 0.05) is 25.3 Å². The third kappa shape index (κ3) is 4.89. The predicted octanol–water partition coefficient (Wildman–Crippen LogP) is 4.27. The summed E-state index contributed by atoms with van der Waals surface area (Å²) in [5.41, 5.74) is 0.223. The van der Waals surface area contributed by atoms with Crippen molar-refractivity contribution in [2.24, 2.45) is 5.92 Å². The second kappa shape index (κ2) is 7.84. The van der Waals surface area contributed by atoms with Crippen LogP contribution in [0.25, 0.3) is 0 Å². The van der Waals surface area contributed by atoms with Crippen molar-refractivity contribution in [3.63, 3.8) is 0 Å². The highest BCUT2D eigenvalue weighted by Crippen LogP contribution is 2.36. The number of hydrogen-bond donors (Lipinski definition) is 0. The average Bonchev–Trinajstić information content (AvgIpc) is 3.44. The second-order valence-corrected chi connectivity index (χ2v) is 7.43. The molecule has 0 spiro atoms. The molecule has 2 aliphatic rings. The molecule has 1 unspecified atom stereocenters. The largest absolute Gasteiger partial charge is 0.406 e.